The fraction of sp³-hybridized carbons (Fsp3) is 0.583. The second-order valence-corrected chi connectivity index (χ2v) is 5.46. The molecule has 1 aliphatic rings. The Kier molecular flexibility index (Phi) is 4.51. The van der Waals surface area contributed by atoms with Crippen molar-refractivity contribution < 1.29 is 19.1 Å². The third kappa shape index (κ3) is 2.45. The predicted molar refractivity (Wildman–Crippen MR) is 80.6 cm³/mol. The zero-order valence-electron chi connectivity index (χ0n) is 12.2. The first kappa shape index (κ1) is 15.5. The summed E-state index contributed by atoms with van der Waals surface area (Å²) in [6.07, 6.45) is 1.22. The van der Waals surface area contributed by atoms with Crippen LogP contribution in [-0.4, -0.2) is 63.3 Å². The van der Waals surface area contributed by atoms with Crippen LogP contribution in [0.25, 0.3) is 11.2 Å². The van der Waals surface area contributed by atoms with Gasteiger partial charge in [0.2, 0.25) is 0 Å². The van der Waals surface area contributed by atoms with E-state index in [-0.39, 0.29) is 21.5 Å². The first-order valence-corrected chi connectivity index (χ1v) is 8.16. The van der Waals surface area contributed by atoms with Crippen molar-refractivity contribution in [2.45, 2.75) is 24.5 Å². The number of imidazole rings is 1. The molecule has 3 rings (SSSR count). The molecule has 3 N–H and O–H groups in total. The molecule has 22 heavy (non-hydrogen) atoms. The quantitative estimate of drug-likeness (QED) is 0.732. The molecule has 0 amide bonds. The Morgan fingerprint density at radius 1 is 1.41 bits per heavy atom. The number of methoxy groups -OCH3 is 1. The van der Waals surface area contributed by atoms with Crippen LogP contribution >= 0.6 is 8.81 Å². The van der Waals surface area contributed by atoms with Crippen LogP contribution in [-0.2, 0) is 14.0 Å². The topological polar surface area (TPSA) is 118 Å². The van der Waals surface area contributed by atoms with Crippen LogP contribution in [0.2, 0.25) is 0 Å². The van der Waals surface area contributed by atoms with Crippen LogP contribution in [0.15, 0.2) is 12.7 Å². The van der Waals surface area contributed by atoms with Crippen LogP contribution in [0, 0.1) is 0 Å². The van der Waals surface area contributed by atoms with Crippen molar-refractivity contribution in [2.24, 2.45) is 0 Å². The van der Waals surface area contributed by atoms with Crippen molar-refractivity contribution in [2.75, 3.05) is 26.1 Å². The summed E-state index contributed by atoms with van der Waals surface area (Å²) in [5.74, 6) is 0.303. The SMILES string of the molecule is COC1C(OPC)C(CO)OC1n1cnc2c(N)ncnc21. The van der Waals surface area contributed by atoms with E-state index in [2.05, 4.69) is 15.0 Å². The van der Waals surface area contributed by atoms with Crippen LogP contribution in [0.1, 0.15) is 6.23 Å². The van der Waals surface area contributed by atoms with Gasteiger partial charge in [-0.1, -0.05) is 0 Å². The van der Waals surface area contributed by atoms with E-state index >= 15 is 0 Å². The molecule has 0 aliphatic carbocycles. The van der Waals surface area contributed by atoms with Gasteiger partial charge in [-0.25, -0.2) is 15.0 Å². The minimum absolute atomic E-state index is 0.157. The van der Waals surface area contributed by atoms with Gasteiger partial charge in [-0.3, -0.25) is 4.57 Å². The third-order valence-electron chi connectivity index (χ3n) is 3.65. The van der Waals surface area contributed by atoms with Gasteiger partial charge in [-0.05, 0) is 6.66 Å². The maximum absolute atomic E-state index is 9.52. The molecule has 5 atom stereocenters. The first-order valence-electron chi connectivity index (χ1n) is 6.75. The molecule has 0 aromatic carbocycles. The summed E-state index contributed by atoms with van der Waals surface area (Å²) >= 11 is 0. The molecule has 9 nitrogen and oxygen atoms in total. The Labute approximate surface area is 128 Å². The fourth-order valence-electron chi connectivity index (χ4n) is 2.66. The van der Waals surface area contributed by atoms with Gasteiger partial charge in [0, 0.05) is 15.9 Å². The van der Waals surface area contributed by atoms with Crippen LogP contribution in [0.5, 0.6) is 0 Å². The maximum atomic E-state index is 9.52. The molecule has 0 spiro atoms. The Morgan fingerprint density at radius 2 is 2.23 bits per heavy atom. The fourth-order valence-corrected chi connectivity index (χ4v) is 3.22. The van der Waals surface area contributed by atoms with E-state index in [0.717, 1.165) is 0 Å². The Morgan fingerprint density at radius 3 is 2.91 bits per heavy atom. The number of aromatic nitrogens is 4. The van der Waals surface area contributed by atoms with Crippen LogP contribution in [0.4, 0.5) is 5.82 Å². The normalized spacial score (nSPS) is 29.0. The average Bonchev–Trinajstić information content (AvgIpc) is 3.09. The molecule has 0 saturated carbocycles. The van der Waals surface area contributed by atoms with E-state index in [1.54, 1.807) is 18.0 Å². The zero-order chi connectivity index (χ0) is 15.7. The number of aliphatic hydroxyl groups excluding tert-OH is 1. The highest BCUT2D eigenvalue weighted by atomic mass is 31.1. The number of rotatable bonds is 5. The predicted octanol–water partition coefficient (Wildman–Crippen LogP) is -0.0783. The van der Waals surface area contributed by atoms with Crippen LogP contribution < -0.4 is 5.73 Å². The van der Waals surface area contributed by atoms with E-state index in [0.29, 0.717) is 17.0 Å². The minimum Gasteiger partial charge on any atom is -0.394 e. The maximum Gasteiger partial charge on any atom is 0.167 e. The molecule has 2 aromatic heterocycles. The highest BCUT2D eigenvalue weighted by molar-refractivity contribution is 7.31. The Bertz CT molecular complexity index is 653. The number of hydrogen-bond donors (Lipinski definition) is 2. The molecule has 5 unspecified atom stereocenters. The van der Waals surface area contributed by atoms with Gasteiger partial charge in [-0.2, -0.15) is 0 Å². The number of fused-ring (bicyclic) bond motifs is 1. The molecule has 120 valence electrons. The number of nitrogens with zero attached hydrogens (tertiary/aromatic N) is 4. The van der Waals surface area contributed by atoms with Crippen molar-refractivity contribution in [1.29, 1.82) is 0 Å². The Hall–Kier alpha value is -1.38. The molecule has 10 heteroatoms. The molecule has 2 aromatic rings. The van der Waals surface area contributed by atoms with Gasteiger partial charge >= 0.3 is 0 Å². The molecule has 3 heterocycles. The van der Waals surface area contributed by atoms with Crippen molar-refractivity contribution in [3.05, 3.63) is 12.7 Å². The first-order chi connectivity index (χ1) is 10.7. The molecule has 1 fully saturated rings. The molecule has 0 radical (unpaired) electrons. The Balaban J connectivity index is 2.00. The van der Waals surface area contributed by atoms with E-state index in [9.17, 15) is 5.11 Å². The van der Waals surface area contributed by atoms with Gasteiger partial charge < -0.3 is 24.8 Å². The number of hydrogen-bond acceptors (Lipinski definition) is 8. The second kappa shape index (κ2) is 6.39. The van der Waals surface area contributed by atoms with Gasteiger partial charge in [0.15, 0.2) is 17.7 Å². The molecular weight excluding hydrogens is 309 g/mol. The summed E-state index contributed by atoms with van der Waals surface area (Å²) in [6.45, 7) is 1.75. The number of nitrogen functional groups attached to an aromatic ring is 1. The summed E-state index contributed by atoms with van der Waals surface area (Å²) in [6, 6.07) is 0. The lowest BCUT2D eigenvalue weighted by atomic mass is 10.1. The second-order valence-electron chi connectivity index (χ2n) is 4.82. The van der Waals surface area contributed by atoms with Gasteiger partial charge in [0.05, 0.1) is 12.9 Å². The lowest BCUT2D eigenvalue weighted by Crippen LogP contribution is -2.35. The largest absolute Gasteiger partial charge is 0.394 e. The van der Waals surface area contributed by atoms with Gasteiger partial charge in [-0.15, -0.1) is 0 Å². The average molecular weight is 327 g/mol. The van der Waals surface area contributed by atoms with E-state index in [1.165, 1.54) is 6.33 Å². The number of nitrogens with two attached hydrogens (primary N) is 1. The summed E-state index contributed by atoms with van der Waals surface area (Å²) in [7, 11) is 1.84. The highest BCUT2D eigenvalue weighted by Gasteiger charge is 2.47. The van der Waals surface area contributed by atoms with Crippen molar-refractivity contribution >= 4 is 25.8 Å². The van der Waals surface area contributed by atoms with E-state index in [1.807, 2.05) is 6.66 Å². The molecular formula is C12H18N5O4P. The summed E-state index contributed by atoms with van der Waals surface area (Å²) < 4.78 is 18.9. The summed E-state index contributed by atoms with van der Waals surface area (Å²) in [5, 5.41) is 9.52. The number of anilines is 1. The van der Waals surface area contributed by atoms with Crippen molar-refractivity contribution in [3.63, 3.8) is 0 Å². The molecule has 1 saturated heterocycles. The molecule has 1 aliphatic heterocycles. The minimum atomic E-state index is -0.511. The highest BCUT2D eigenvalue weighted by Crippen LogP contribution is 2.37. The third-order valence-corrected chi connectivity index (χ3v) is 4.16. The summed E-state index contributed by atoms with van der Waals surface area (Å²) in [5.41, 5.74) is 6.86. The zero-order valence-corrected chi connectivity index (χ0v) is 13.2. The van der Waals surface area contributed by atoms with Gasteiger partial charge in [0.1, 0.15) is 30.2 Å². The number of ether oxygens (including phenoxy) is 2. The van der Waals surface area contributed by atoms with E-state index < -0.39 is 18.4 Å². The lowest BCUT2D eigenvalue weighted by Gasteiger charge is -2.22. The van der Waals surface area contributed by atoms with Gasteiger partial charge in [0.25, 0.3) is 0 Å². The number of aliphatic hydroxyl groups is 1. The smallest absolute Gasteiger partial charge is 0.167 e. The van der Waals surface area contributed by atoms with Crippen molar-refractivity contribution in [3.8, 4) is 0 Å². The molecule has 0 bridgehead atoms. The van der Waals surface area contributed by atoms with E-state index in [4.69, 9.17) is 19.7 Å². The monoisotopic (exact) mass is 327 g/mol. The van der Waals surface area contributed by atoms with Crippen LogP contribution in [0.3, 0.4) is 0 Å². The van der Waals surface area contributed by atoms with Crippen molar-refractivity contribution in [1.82, 2.24) is 19.5 Å². The lowest BCUT2D eigenvalue weighted by molar-refractivity contribution is -0.0583. The summed E-state index contributed by atoms with van der Waals surface area (Å²) in [4.78, 5) is 12.4. The standard InChI is InChI=1S/C12H18N5O4P/c1-19-9-8(21-22-2)6(3-18)20-12(9)17-5-16-7-10(13)14-4-15-11(7)17/h4-6,8-9,12,18,22H,3H2,1-2H3,(H2,13,14,15).